The van der Waals surface area contributed by atoms with E-state index in [1.165, 1.54) is 12.1 Å². The molecule has 0 bridgehead atoms. The summed E-state index contributed by atoms with van der Waals surface area (Å²) in [6.07, 6.45) is -3.30. The van der Waals surface area contributed by atoms with Crippen molar-refractivity contribution in [1.29, 1.82) is 0 Å². The Bertz CT molecular complexity index is 290. The summed E-state index contributed by atoms with van der Waals surface area (Å²) in [6, 6.07) is 6.52. The average Bonchev–Trinajstić information content (AvgIpc) is 2.14. The van der Waals surface area contributed by atoms with Crippen LogP contribution in [0.4, 0.5) is 13.2 Å². The van der Waals surface area contributed by atoms with Crippen molar-refractivity contribution in [2.75, 3.05) is 6.54 Å². The monoisotopic (exact) mass is 217 g/mol. The van der Waals surface area contributed by atoms with Gasteiger partial charge in [-0.05, 0) is 30.5 Å². The molecule has 15 heavy (non-hydrogen) atoms. The molecular formula is C11H14F3N. The normalized spacial score (nSPS) is 11.7. The van der Waals surface area contributed by atoms with Crippen LogP contribution < -0.4 is 5.73 Å². The Balaban J connectivity index is 2.56. The summed E-state index contributed by atoms with van der Waals surface area (Å²) in [7, 11) is 0. The van der Waals surface area contributed by atoms with Gasteiger partial charge in [0.2, 0.25) is 0 Å². The van der Waals surface area contributed by atoms with Crippen LogP contribution in [0.25, 0.3) is 0 Å². The van der Waals surface area contributed by atoms with Crippen molar-refractivity contribution >= 4 is 0 Å². The second-order valence-electron chi connectivity index (χ2n) is 3.50. The summed E-state index contributed by atoms with van der Waals surface area (Å²) in [4.78, 5) is 0. The SMILES string of the molecule is NCCCc1ccc(CC(F)(F)F)cc1. The molecule has 0 aromatic heterocycles. The van der Waals surface area contributed by atoms with Gasteiger partial charge in [0.1, 0.15) is 0 Å². The Morgan fingerprint density at radius 1 is 1.00 bits per heavy atom. The molecule has 0 aliphatic heterocycles. The minimum Gasteiger partial charge on any atom is -0.330 e. The predicted molar refractivity (Wildman–Crippen MR) is 53.6 cm³/mol. The lowest BCUT2D eigenvalue weighted by Gasteiger charge is -2.07. The fourth-order valence-corrected chi connectivity index (χ4v) is 1.36. The van der Waals surface area contributed by atoms with Gasteiger partial charge in [0.25, 0.3) is 0 Å². The van der Waals surface area contributed by atoms with Crippen molar-refractivity contribution in [3.8, 4) is 0 Å². The van der Waals surface area contributed by atoms with Crippen LogP contribution in [0.5, 0.6) is 0 Å². The van der Waals surface area contributed by atoms with Gasteiger partial charge in [-0.2, -0.15) is 13.2 Å². The molecule has 1 nitrogen and oxygen atoms in total. The third-order valence-electron chi connectivity index (χ3n) is 2.10. The molecule has 0 saturated heterocycles. The average molecular weight is 217 g/mol. The Kier molecular flexibility index (Phi) is 4.15. The number of rotatable bonds is 4. The fourth-order valence-electron chi connectivity index (χ4n) is 1.36. The summed E-state index contributed by atoms with van der Waals surface area (Å²) in [6.45, 7) is 0.601. The van der Waals surface area contributed by atoms with E-state index in [1.54, 1.807) is 12.1 Å². The fraction of sp³-hybridized carbons (Fsp3) is 0.455. The number of halogens is 3. The third-order valence-corrected chi connectivity index (χ3v) is 2.10. The molecule has 0 atom stereocenters. The maximum atomic E-state index is 12.0. The number of hydrogen-bond acceptors (Lipinski definition) is 1. The van der Waals surface area contributed by atoms with E-state index in [0.717, 1.165) is 18.4 Å². The van der Waals surface area contributed by atoms with E-state index in [2.05, 4.69) is 0 Å². The van der Waals surface area contributed by atoms with E-state index in [9.17, 15) is 13.2 Å². The molecule has 0 aliphatic carbocycles. The Hall–Kier alpha value is -1.03. The van der Waals surface area contributed by atoms with Crippen molar-refractivity contribution in [2.45, 2.75) is 25.4 Å². The smallest absolute Gasteiger partial charge is 0.330 e. The van der Waals surface area contributed by atoms with Gasteiger partial charge < -0.3 is 5.73 Å². The van der Waals surface area contributed by atoms with Gasteiger partial charge in [0, 0.05) is 0 Å². The Morgan fingerprint density at radius 3 is 2.00 bits per heavy atom. The lowest BCUT2D eigenvalue weighted by Crippen LogP contribution is -2.11. The Labute approximate surface area is 87.1 Å². The summed E-state index contributed by atoms with van der Waals surface area (Å²) in [5.41, 5.74) is 6.68. The highest BCUT2D eigenvalue weighted by molar-refractivity contribution is 5.23. The largest absolute Gasteiger partial charge is 0.393 e. The zero-order valence-electron chi connectivity index (χ0n) is 8.35. The highest BCUT2D eigenvalue weighted by atomic mass is 19.4. The van der Waals surface area contributed by atoms with E-state index < -0.39 is 12.6 Å². The number of alkyl halides is 3. The number of nitrogens with two attached hydrogens (primary N) is 1. The summed E-state index contributed by atoms with van der Waals surface area (Å²) in [5, 5.41) is 0. The maximum Gasteiger partial charge on any atom is 0.393 e. The second kappa shape index (κ2) is 5.16. The van der Waals surface area contributed by atoms with Crippen LogP contribution in [0, 0.1) is 0 Å². The number of benzene rings is 1. The summed E-state index contributed by atoms with van der Waals surface area (Å²) >= 11 is 0. The van der Waals surface area contributed by atoms with Crippen molar-refractivity contribution in [3.05, 3.63) is 35.4 Å². The first-order valence-electron chi connectivity index (χ1n) is 4.86. The van der Waals surface area contributed by atoms with Gasteiger partial charge in [-0.3, -0.25) is 0 Å². The highest BCUT2D eigenvalue weighted by Crippen LogP contribution is 2.21. The molecular weight excluding hydrogens is 203 g/mol. The molecule has 0 unspecified atom stereocenters. The highest BCUT2D eigenvalue weighted by Gasteiger charge is 2.27. The van der Waals surface area contributed by atoms with Crippen LogP contribution in [-0.4, -0.2) is 12.7 Å². The van der Waals surface area contributed by atoms with Crippen LogP contribution in [0.2, 0.25) is 0 Å². The third kappa shape index (κ3) is 4.83. The number of aryl methyl sites for hydroxylation is 1. The first-order chi connectivity index (χ1) is 7.01. The molecule has 0 aliphatic rings. The van der Waals surface area contributed by atoms with Gasteiger partial charge in [0.15, 0.2) is 0 Å². The molecule has 1 aromatic carbocycles. The molecule has 0 fully saturated rings. The number of hydrogen-bond donors (Lipinski definition) is 1. The molecule has 0 radical (unpaired) electrons. The minimum absolute atomic E-state index is 0.305. The quantitative estimate of drug-likeness (QED) is 0.824. The maximum absolute atomic E-state index is 12.0. The molecule has 0 spiro atoms. The van der Waals surface area contributed by atoms with Crippen molar-refractivity contribution in [2.24, 2.45) is 5.73 Å². The molecule has 1 aromatic rings. The first kappa shape index (κ1) is 12.0. The van der Waals surface area contributed by atoms with Gasteiger partial charge in [-0.15, -0.1) is 0 Å². The predicted octanol–water partition coefficient (Wildman–Crippen LogP) is 2.68. The molecule has 84 valence electrons. The van der Waals surface area contributed by atoms with Crippen molar-refractivity contribution in [1.82, 2.24) is 0 Å². The second-order valence-corrected chi connectivity index (χ2v) is 3.50. The molecule has 2 N–H and O–H groups in total. The van der Waals surface area contributed by atoms with E-state index in [0.29, 0.717) is 12.1 Å². The molecule has 0 heterocycles. The van der Waals surface area contributed by atoms with Gasteiger partial charge >= 0.3 is 6.18 Å². The van der Waals surface area contributed by atoms with Crippen LogP contribution in [-0.2, 0) is 12.8 Å². The van der Waals surface area contributed by atoms with E-state index >= 15 is 0 Å². The van der Waals surface area contributed by atoms with Crippen molar-refractivity contribution in [3.63, 3.8) is 0 Å². The lowest BCUT2D eigenvalue weighted by atomic mass is 10.1. The Morgan fingerprint density at radius 2 is 1.53 bits per heavy atom. The van der Waals surface area contributed by atoms with Gasteiger partial charge in [0.05, 0.1) is 6.42 Å². The molecule has 1 rings (SSSR count). The van der Waals surface area contributed by atoms with Gasteiger partial charge in [-0.25, -0.2) is 0 Å². The molecule has 4 heteroatoms. The van der Waals surface area contributed by atoms with E-state index in [-0.39, 0.29) is 0 Å². The topological polar surface area (TPSA) is 26.0 Å². The van der Waals surface area contributed by atoms with Crippen LogP contribution in [0.15, 0.2) is 24.3 Å². The summed E-state index contributed by atoms with van der Waals surface area (Å²) < 4.78 is 36.1. The van der Waals surface area contributed by atoms with Crippen LogP contribution in [0.3, 0.4) is 0 Å². The van der Waals surface area contributed by atoms with E-state index in [4.69, 9.17) is 5.73 Å². The molecule has 0 saturated carbocycles. The first-order valence-corrected chi connectivity index (χ1v) is 4.86. The standard InChI is InChI=1S/C11H14F3N/c12-11(13,14)8-10-5-3-9(4-6-10)2-1-7-15/h3-6H,1-2,7-8,15H2. The summed E-state index contributed by atoms with van der Waals surface area (Å²) in [5.74, 6) is 0. The van der Waals surface area contributed by atoms with E-state index in [1.807, 2.05) is 0 Å². The van der Waals surface area contributed by atoms with Crippen molar-refractivity contribution < 1.29 is 13.2 Å². The zero-order valence-corrected chi connectivity index (χ0v) is 8.35. The minimum atomic E-state index is -4.13. The lowest BCUT2D eigenvalue weighted by molar-refractivity contribution is -0.127. The van der Waals surface area contributed by atoms with Gasteiger partial charge in [-0.1, -0.05) is 24.3 Å². The van der Waals surface area contributed by atoms with Crippen LogP contribution in [0.1, 0.15) is 17.5 Å². The zero-order chi connectivity index (χ0) is 11.3. The van der Waals surface area contributed by atoms with Crippen LogP contribution >= 0.6 is 0 Å². The molecule has 0 amide bonds.